The molecule has 102 valence electrons. The number of rotatable bonds is 6. The molecule has 0 fully saturated rings. The fraction of sp³-hybridized carbons (Fsp3) is 0.923. The summed E-state index contributed by atoms with van der Waals surface area (Å²) in [6.45, 7) is 14.4. The zero-order chi connectivity index (χ0) is 13.9. The minimum Gasteiger partial charge on any atom is -0.374 e. The van der Waals surface area contributed by atoms with Gasteiger partial charge in [-0.2, -0.15) is 0 Å². The Hall–Kier alpha value is -0.610. The average Bonchev–Trinajstić information content (AvgIpc) is 2.12. The zero-order valence-corrected chi connectivity index (χ0v) is 12.3. The summed E-state index contributed by atoms with van der Waals surface area (Å²) in [6.07, 6.45) is 0. The van der Waals surface area contributed by atoms with Gasteiger partial charge in [0.2, 0.25) is 5.91 Å². The predicted octanol–water partition coefficient (Wildman–Crippen LogP) is 1.68. The minimum absolute atomic E-state index is 0.0437. The zero-order valence-electron chi connectivity index (χ0n) is 12.3. The van der Waals surface area contributed by atoms with Crippen LogP contribution in [-0.2, 0) is 9.53 Å². The molecule has 0 atom stereocenters. The first-order valence-electron chi connectivity index (χ1n) is 6.15. The van der Waals surface area contributed by atoms with Crippen molar-refractivity contribution in [2.75, 3.05) is 13.2 Å². The first-order chi connectivity index (χ1) is 7.44. The molecule has 17 heavy (non-hydrogen) atoms. The first kappa shape index (κ1) is 16.4. The highest BCUT2D eigenvalue weighted by atomic mass is 16.5. The summed E-state index contributed by atoms with van der Waals surface area (Å²) in [7, 11) is 0. The normalized spacial score (nSPS) is 13.6. The number of carbonyl (C=O) groups excluding carboxylic acids is 1. The fourth-order valence-corrected chi connectivity index (χ4v) is 1.25. The quantitative estimate of drug-likeness (QED) is 0.747. The highest BCUT2D eigenvalue weighted by Gasteiger charge is 2.40. The van der Waals surface area contributed by atoms with E-state index < -0.39 is 11.0 Å². The van der Waals surface area contributed by atoms with E-state index in [2.05, 4.69) is 5.32 Å². The molecule has 0 aromatic rings. The van der Waals surface area contributed by atoms with Crippen LogP contribution in [0.25, 0.3) is 0 Å². The number of nitrogens with two attached hydrogens (primary N) is 1. The highest BCUT2D eigenvalue weighted by molar-refractivity contribution is 5.83. The number of amides is 1. The Morgan fingerprint density at radius 3 is 2.00 bits per heavy atom. The van der Waals surface area contributed by atoms with Gasteiger partial charge in [0.1, 0.15) is 0 Å². The van der Waals surface area contributed by atoms with E-state index >= 15 is 0 Å². The van der Waals surface area contributed by atoms with Crippen molar-refractivity contribution in [2.24, 2.45) is 11.1 Å². The van der Waals surface area contributed by atoms with Crippen molar-refractivity contribution in [1.82, 2.24) is 5.32 Å². The molecular formula is C13H28N2O2. The smallest absolute Gasteiger partial charge is 0.227 e. The second kappa shape index (κ2) is 5.36. The lowest BCUT2D eigenvalue weighted by Crippen LogP contribution is -2.57. The Morgan fingerprint density at radius 1 is 1.18 bits per heavy atom. The van der Waals surface area contributed by atoms with E-state index in [-0.39, 0.29) is 11.5 Å². The Labute approximate surface area is 105 Å². The number of hydrogen-bond donors (Lipinski definition) is 2. The summed E-state index contributed by atoms with van der Waals surface area (Å²) in [5.74, 6) is -0.0437. The third kappa shape index (κ3) is 4.64. The SMILES string of the molecule is CCOC(C)(C)CNC(=O)C(C)(C)C(C)(C)N. The lowest BCUT2D eigenvalue weighted by atomic mass is 9.74. The predicted molar refractivity (Wildman–Crippen MR) is 70.8 cm³/mol. The van der Waals surface area contributed by atoms with Crippen molar-refractivity contribution in [1.29, 1.82) is 0 Å². The molecule has 3 N–H and O–H groups in total. The van der Waals surface area contributed by atoms with E-state index in [0.29, 0.717) is 13.2 Å². The molecule has 0 heterocycles. The summed E-state index contributed by atoms with van der Waals surface area (Å²) in [5, 5.41) is 2.91. The van der Waals surface area contributed by atoms with Gasteiger partial charge in [-0.1, -0.05) is 0 Å². The van der Waals surface area contributed by atoms with Crippen LogP contribution in [-0.4, -0.2) is 30.2 Å². The molecule has 0 aliphatic carbocycles. The van der Waals surface area contributed by atoms with Gasteiger partial charge in [-0.25, -0.2) is 0 Å². The molecule has 0 rings (SSSR count). The molecule has 0 aliphatic rings. The van der Waals surface area contributed by atoms with Crippen molar-refractivity contribution < 1.29 is 9.53 Å². The lowest BCUT2D eigenvalue weighted by molar-refractivity contribution is -0.133. The second-order valence-electron chi connectivity index (χ2n) is 6.22. The van der Waals surface area contributed by atoms with Crippen LogP contribution in [0.2, 0.25) is 0 Å². The van der Waals surface area contributed by atoms with E-state index in [1.807, 2.05) is 48.5 Å². The van der Waals surface area contributed by atoms with Gasteiger partial charge in [-0.05, 0) is 48.5 Å². The molecule has 0 radical (unpaired) electrons. The van der Waals surface area contributed by atoms with Gasteiger partial charge in [0.05, 0.1) is 11.0 Å². The average molecular weight is 244 g/mol. The van der Waals surface area contributed by atoms with Crippen LogP contribution in [0, 0.1) is 5.41 Å². The number of carbonyl (C=O) groups is 1. The van der Waals surface area contributed by atoms with E-state index in [1.54, 1.807) is 0 Å². The van der Waals surface area contributed by atoms with Crippen LogP contribution < -0.4 is 11.1 Å². The van der Waals surface area contributed by atoms with Crippen molar-refractivity contribution in [2.45, 2.75) is 59.6 Å². The van der Waals surface area contributed by atoms with Gasteiger partial charge >= 0.3 is 0 Å². The Kier molecular flexibility index (Phi) is 5.16. The maximum atomic E-state index is 12.1. The number of ether oxygens (including phenoxy) is 1. The molecule has 4 heteroatoms. The molecule has 0 saturated carbocycles. The van der Waals surface area contributed by atoms with Crippen molar-refractivity contribution >= 4 is 5.91 Å². The largest absolute Gasteiger partial charge is 0.374 e. The molecule has 0 saturated heterocycles. The van der Waals surface area contributed by atoms with Crippen molar-refractivity contribution in [3.05, 3.63) is 0 Å². The summed E-state index contributed by atoms with van der Waals surface area (Å²) >= 11 is 0. The summed E-state index contributed by atoms with van der Waals surface area (Å²) < 4.78 is 5.53. The van der Waals surface area contributed by atoms with E-state index in [0.717, 1.165) is 0 Å². The molecule has 0 aromatic heterocycles. The van der Waals surface area contributed by atoms with Gasteiger partial charge in [0, 0.05) is 18.7 Å². The number of hydrogen-bond acceptors (Lipinski definition) is 3. The van der Waals surface area contributed by atoms with Crippen LogP contribution in [0.4, 0.5) is 0 Å². The molecule has 0 unspecified atom stereocenters. The second-order valence-corrected chi connectivity index (χ2v) is 6.22. The molecule has 1 amide bonds. The van der Waals surface area contributed by atoms with Crippen LogP contribution in [0.5, 0.6) is 0 Å². The van der Waals surface area contributed by atoms with Crippen molar-refractivity contribution in [3.63, 3.8) is 0 Å². The van der Waals surface area contributed by atoms with Gasteiger partial charge in [-0.3, -0.25) is 4.79 Å². The summed E-state index contributed by atoms with van der Waals surface area (Å²) in [6, 6.07) is 0. The van der Waals surface area contributed by atoms with E-state index in [4.69, 9.17) is 10.5 Å². The van der Waals surface area contributed by atoms with Gasteiger partial charge in [0.25, 0.3) is 0 Å². The third-order valence-corrected chi connectivity index (χ3v) is 3.39. The standard InChI is InChI=1S/C13H28N2O2/c1-8-17-11(2,3)9-15-10(16)12(4,5)13(6,7)14/h8-9,14H2,1-7H3,(H,15,16). The Morgan fingerprint density at radius 2 is 1.65 bits per heavy atom. The first-order valence-corrected chi connectivity index (χ1v) is 6.15. The monoisotopic (exact) mass is 244 g/mol. The summed E-state index contributed by atoms with van der Waals surface area (Å²) in [5.41, 5.74) is 4.49. The van der Waals surface area contributed by atoms with Crippen LogP contribution >= 0.6 is 0 Å². The van der Waals surface area contributed by atoms with Gasteiger partial charge in [-0.15, -0.1) is 0 Å². The van der Waals surface area contributed by atoms with Gasteiger partial charge < -0.3 is 15.8 Å². The van der Waals surface area contributed by atoms with Crippen molar-refractivity contribution in [3.8, 4) is 0 Å². The Balaban J connectivity index is 4.48. The highest BCUT2D eigenvalue weighted by Crippen LogP contribution is 2.28. The van der Waals surface area contributed by atoms with E-state index in [9.17, 15) is 4.79 Å². The molecule has 0 spiro atoms. The minimum atomic E-state index is -0.616. The number of nitrogens with one attached hydrogen (secondary N) is 1. The van der Waals surface area contributed by atoms with Crippen LogP contribution in [0.3, 0.4) is 0 Å². The molecule has 0 aromatic carbocycles. The fourth-order valence-electron chi connectivity index (χ4n) is 1.25. The molecular weight excluding hydrogens is 216 g/mol. The molecule has 4 nitrogen and oxygen atoms in total. The van der Waals surface area contributed by atoms with Crippen LogP contribution in [0.15, 0.2) is 0 Å². The molecule has 0 aliphatic heterocycles. The lowest BCUT2D eigenvalue weighted by Gasteiger charge is -2.38. The topological polar surface area (TPSA) is 64.3 Å². The van der Waals surface area contributed by atoms with Gasteiger partial charge in [0.15, 0.2) is 0 Å². The van der Waals surface area contributed by atoms with E-state index in [1.165, 1.54) is 0 Å². The molecule has 0 bridgehead atoms. The third-order valence-electron chi connectivity index (χ3n) is 3.39. The maximum absolute atomic E-state index is 12.1. The Bertz CT molecular complexity index is 265. The maximum Gasteiger partial charge on any atom is 0.227 e. The summed E-state index contributed by atoms with van der Waals surface area (Å²) in [4.78, 5) is 12.1. The van der Waals surface area contributed by atoms with Crippen LogP contribution in [0.1, 0.15) is 48.5 Å².